The van der Waals surface area contributed by atoms with Gasteiger partial charge in [0.25, 0.3) is 5.91 Å². The second kappa shape index (κ2) is 5.20. The minimum absolute atomic E-state index is 0.0398. The van der Waals surface area contributed by atoms with Gasteiger partial charge in [-0.3, -0.25) is 9.59 Å². The van der Waals surface area contributed by atoms with Crippen molar-refractivity contribution in [3.63, 3.8) is 0 Å². The Morgan fingerprint density at radius 2 is 2.00 bits per heavy atom. The predicted molar refractivity (Wildman–Crippen MR) is 79.4 cm³/mol. The van der Waals surface area contributed by atoms with Crippen molar-refractivity contribution in [2.45, 2.75) is 6.92 Å². The number of hydrogen-bond donors (Lipinski definition) is 1. The Hall–Kier alpha value is -2.95. The molecule has 104 valence electrons. The van der Waals surface area contributed by atoms with Crippen LogP contribution in [-0.4, -0.2) is 10.9 Å². The van der Waals surface area contributed by atoms with Crippen molar-refractivity contribution in [1.82, 2.24) is 4.98 Å². The number of hydrogen-bond acceptors (Lipinski definition) is 4. The molecule has 0 saturated carbocycles. The Balaban J connectivity index is 1.96. The Morgan fingerprint density at radius 3 is 2.81 bits per heavy atom. The highest BCUT2D eigenvalue weighted by atomic mass is 16.3. The fourth-order valence-electron chi connectivity index (χ4n) is 2.00. The third-order valence-corrected chi connectivity index (χ3v) is 3.02. The highest BCUT2D eigenvalue weighted by Crippen LogP contribution is 2.13. The average Bonchev–Trinajstić information content (AvgIpc) is 2.47. The molecule has 3 rings (SSSR count). The zero-order valence-electron chi connectivity index (χ0n) is 11.3. The molecule has 2 heterocycles. The molecule has 5 nitrogen and oxygen atoms in total. The van der Waals surface area contributed by atoms with Gasteiger partial charge in [0.1, 0.15) is 11.4 Å². The molecule has 0 aliphatic heterocycles. The summed E-state index contributed by atoms with van der Waals surface area (Å²) in [5.74, 6) is -0.131. The number of aromatic nitrogens is 1. The van der Waals surface area contributed by atoms with Gasteiger partial charge in [-0.15, -0.1) is 0 Å². The van der Waals surface area contributed by atoms with Crippen LogP contribution < -0.4 is 10.7 Å². The molecular formula is C16H12N2O3. The maximum Gasteiger partial charge on any atom is 0.292 e. The SMILES string of the molecule is Cc1ccnc(NC(=O)c2cc(=O)c3ccccc3o2)c1. The van der Waals surface area contributed by atoms with Crippen LogP contribution in [0.1, 0.15) is 16.1 Å². The molecule has 0 radical (unpaired) electrons. The number of nitrogens with one attached hydrogen (secondary N) is 1. The van der Waals surface area contributed by atoms with Gasteiger partial charge in [-0.1, -0.05) is 12.1 Å². The largest absolute Gasteiger partial charge is 0.451 e. The van der Waals surface area contributed by atoms with E-state index in [1.165, 1.54) is 6.07 Å². The summed E-state index contributed by atoms with van der Waals surface area (Å²) in [6, 6.07) is 11.5. The third kappa shape index (κ3) is 2.67. The van der Waals surface area contributed by atoms with Crippen LogP contribution in [0, 0.1) is 6.92 Å². The van der Waals surface area contributed by atoms with Crippen molar-refractivity contribution in [2.75, 3.05) is 5.32 Å². The standard InChI is InChI=1S/C16H12N2O3/c1-10-6-7-17-15(8-10)18-16(20)14-9-12(19)11-4-2-3-5-13(11)21-14/h2-9H,1H3,(H,17,18,20). The van der Waals surface area contributed by atoms with E-state index in [9.17, 15) is 9.59 Å². The normalized spacial score (nSPS) is 10.5. The van der Waals surface area contributed by atoms with Gasteiger partial charge in [-0.05, 0) is 36.8 Å². The van der Waals surface area contributed by atoms with Crippen molar-refractivity contribution in [3.8, 4) is 0 Å². The summed E-state index contributed by atoms with van der Waals surface area (Å²) >= 11 is 0. The first-order chi connectivity index (χ1) is 10.1. The molecule has 0 aliphatic rings. The lowest BCUT2D eigenvalue weighted by Crippen LogP contribution is -2.15. The van der Waals surface area contributed by atoms with Gasteiger partial charge in [-0.2, -0.15) is 0 Å². The van der Waals surface area contributed by atoms with Crippen LogP contribution in [0.25, 0.3) is 11.0 Å². The molecular weight excluding hydrogens is 268 g/mol. The first-order valence-electron chi connectivity index (χ1n) is 6.40. The van der Waals surface area contributed by atoms with Gasteiger partial charge in [-0.25, -0.2) is 4.98 Å². The number of nitrogens with zero attached hydrogens (tertiary/aromatic N) is 1. The molecule has 5 heteroatoms. The molecule has 21 heavy (non-hydrogen) atoms. The number of amides is 1. The fraction of sp³-hybridized carbons (Fsp3) is 0.0625. The first kappa shape index (κ1) is 13.1. The van der Waals surface area contributed by atoms with E-state index in [1.807, 2.05) is 13.0 Å². The number of carbonyl (C=O) groups excluding carboxylic acids is 1. The molecule has 0 atom stereocenters. The lowest BCUT2D eigenvalue weighted by atomic mass is 10.2. The maximum atomic E-state index is 12.1. The molecule has 1 amide bonds. The van der Waals surface area contributed by atoms with Gasteiger partial charge >= 0.3 is 0 Å². The van der Waals surface area contributed by atoms with Crippen LogP contribution in [0.2, 0.25) is 0 Å². The Morgan fingerprint density at radius 1 is 1.19 bits per heavy atom. The summed E-state index contributed by atoms with van der Waals surface area (Å²) in [5.41, 5.74) is 1.10. The molecule has 2 aromatic heterocycles. The molecule has 0 unspecified atom stereocenters. The molecule has 0 bridgehead atoms. The maximum absolute atomic E-state index is 12.1. The van der Waals surface area contributed by atoms with Crippen molar-refractivity contribution in [3.05, 3.63) is 70.2 Å². The van der Waals surface area contributed by atoms with Crippen LogP contribution in [0.4, 0.5) is 5.82 Å². The van der Waals surface area contributed by atoms with Gasteiger partial charge in [0.05, 0.1) is 5.39 Å². The Kier molecular flexibility index (Phi) is 3.23. The number of rotatable bonds is 2. The van der Waals surface area contributed by atoms with E-state index in [2.05, 4.69) is 10.3 Å². The molecule has 0 saturated heterocycles. The van der Waals surface area contributed by atoms with E-state index >= 15 is 0 Å². The smallest absolute Gasteiger partial charge is 0.292 e. The van der Waals surface area contributed by atoms with E-state index in [0.717, 1.165) is 5.56 Å². The van der Waals surface area contributed by atoms with E-state index in [0.29, 0.717) is 16.8 Å². The number of benzene rings is 1. The zero-order chi connectivity index (χ0) is 14.8. The quantitative estimate of drug-likeness (QED) is 0.783. The van der Waals surface area contributed by atoms with E-state index in [1.54, 1.807) is 36.5 Å². The van der Waals surface area contributed by atoms with Crippen molar-refractivity contribution in [2.24, 2.45) is 0 Å². The third-order valence-electron chi connectivity index (χ3n) is 3.02. The van der Waals surface area contributed by atoms with Crippen LogP contribution in [-0.2, 0) is 0 Å². The van der Waals surface area contributed by atoms with Crippen LogP contribution >= 0.6 is 0 Å². The number of aryl methyl sites for hydroxylation is 1. The number of pyridine rings is 1. The van der Waals surface area contributed by atoms with Crippen molar-refractivity contribution >= 4 is 22.7 Å². The minimum atomic E-state index is -0.504. The monoisotopic (exact) mass is 280 g/mol. The average molecular weight is 280 g/mol. The predicted octanol–water partition coefficient (Wildman–Crippen LogP) is 2.75. The van der Waals surface area contributed by atoms with Gasteiger partial charge in [0, 0.05) is 12.3 Å². The number of anilines is 1. The Labute approximate surface area is 120 Å². The summed E-state index contributed by atoms with van der Waals surface area (Å²) in [6.07, 6.45) is 1.60. The highest BCUT2D eigenvalue weighted by molar-refractivity contribution is 6.02. The van der Waals surface area contributed by atoms with Gasteiger partial charge < -0.3 is 9.73 Å². The summed E-state index contributed by atoms with van der Waals surface area (Å²) < 4.78 is 5.47. The van der Waals surface area contributed by atoms with Crippen LogP contribution in [0.5, 0.6) is 0 Å². The summed E-state index contributed by atoms with van der Waals surface area (Å²) in [7, 11) is 0. The van der Waals surface area contributed by atoms with Crippen molar-refractivity contribution < 1.29 is 9.21 Å². The zero-order valence-corrected chi connectivity index (χ0v) is 11.3. The fourth-order valence-corrected chi connectivity index (χ4v) is 2.00. The number of fused-ring (bicyclic) bond motifs is 1. The molecule has 0 spiro atoms. The summed E-state index contributed by atoms with van der Waals surface area (Å²) in [4.78, 5) is 28.1. The van der Waals surface area contributed by atoms with Crippen LogP contribution in [0.3, 0.4) is 0 Å². The van der Waals surface area contributed by atoms with E-state index in [-0.39, 0.29) is 11.2 Å². The lowest BCUT2D eigenvalue weighted by Gasteiger charge is -2.05. The van der Waals surface area contributed by atoms with Gasteiger partial charge in [0.2, 0.25) is 0 Å². The molecule has 3 aromatic rings. The number of para-hydroxylation sites is 1. The van der Waals surface area contributed by atoms with E-state index < -0.39 is 5.91 Å². The minimum Gasteiger partial charge on any atom is -0.451 e. The van der Waals surface area contributed by atoms with Crippen molar-refractivity contribution in [1.29, 1.82) is 0 Å². The lowest BCUT2D eigenvalue weighted by molar-refractivity contribution is 0.0997. The number of carbonyl (C=O) groups is 1. The second-order valence-electron chi connectivity index (χ2n) is 4.64. The van der Waals surface area contributed by atoms with E-state index in [4.69, 9.17) is 4.42 Å². The molecule has 1 N–H and O–H groups in total. The highest BCUT2D eigenvalue weighted by Gasteiger charge is 2.12. The molecule has 0 aliphatic carbocycles. The second-order valence-corrected chi connectivity index (χ2v) is 4.64. The first-order valence-corrected chi connectivity index (χ1v) is 6.40. The van der Waals surface area contributed by atoms with Gasteiger partial charge in [0.15, 0.2) is 11.2 Å². The van der Waals surface area contributed by atoms with Crippen LogP contribution in [0.15, 0.2) is 57.9 Å². The molecule has 1 aromatic carbocycles. The summed E-state index contributed by atoms with van der Waals surface area (Å²) in [5, 5.41) is 3.06. The summed E-state index contributed by atoms with van der Waals surface area (Å²) in [6.45, 7) is 1.90. The molecule has 0 fully saturated rings. The Bertz CT molecular complexity index is 884. The topological polar surface area (TPSA) is 72.2 Å².